The van der Waals surface area contributed by atoms with Gasteiger partial charge in [0.2, 0.25) is 5.65 Å². The molecule has 1 N–H and O–H groups in total. The second kappa shape index (κ2) is 6.25. The second-order valence-electron chi connectivity index (χ2n) is 7.22. The van der Waals surface area contributed by atoms with Crippen LogP contribution in [0.5, 0.6) is 0 Å². The Morgan fingerprint density at radius 2 is 2.23 bits per heavy atom. The third-order valence-corrected chi connectivity index (χ3v) is 5.51. The molecule has 0 aliphatic carbocycles. The number of nitrogens with zero attached hydrogens (tertiary/aromatic N) is 6. The van der Waals surface area contributed by atoms with E-state index in [0.29, 0.717) is 6.04 Å². The summed E-state index contributed by atoms with van der Waals surface area (Å²) in [5.41, 5.74) is 5.06. The highest BCUT2D eigenvalue weighted by Crippen LogP contribution is 2.28. The average molecular weight is 349 g/mol. The van der Waals surface area contributed by atoms with Crippen molar-refractivity contribution in [1.29, 1.82) is 0 Å². The number of benzene rings is 1. The van der Waals surface area contributed by atoms with E-state index in [9.17, 15) is 0 Å². The van der Waals surface area contributed by atoms with Gasteiger partial charge in [0.05, 0.1) is 0 Å². The number of hydrogen-bond donors (Lipinski definition) is 1. The van der Waals surface area contributed by atoms with Crippen molar-refractivity contribution in [2.75, 3.05) is 36.4 Å². The fourth-order valence-corrected chi connectivity index (χ4v) is 4.22. The molecule has 1 fully saturated rings. The predicted octanol–water partition coefficient (Wildman–Crippen LogP) is 1.80. The number of fused-ring (bicyclic) bond motifs is 2. The zero-order valence-electron chi connectivity index (χ0n) is 15.0. The van der Waals surface area contributed by atoms with Crippen LogP contribution in [0.1, 0.15) is 18.1 Å². The third-order valence-electron chi connectivity index (χ3n) is 5.51. The number of anilines is 2. The summed E-state index contributed by atoms with van der Waals surface area (Å²) in [6.45, 7) is 7.30. The summed E-state index contributed by atoms with van der Waals surface area (Å²) in [5.74, 6) is 0.930. The number of piperazine rings is 1. The summed E-state index contributed by atoms with van der Waals surface area (Å²) in [7, 11) is 0. The van der Waals surface area contributed by atoms with E-state index in [1.54, 1.807) is 6.33 Å². The first kappa shape index (κ1) is 15.6. The lowest BCUT2D eigenvalue weighted by Gasteiger charge is -2.40. The lowest BCUT2D eigenvalue weighted by molar-refractivity contribution is 0.221. The number of nitrogens with one attached hydrogen (secondary N) is 1. The van der Waals surface area contributed by atoms with Crippen molar-refractivity contribution >= 4 is 17.2 Å². The monoisotopic (exact) mass is 349 g/mol. The quantitative estimate of drug-likeness (QED) is 0.778. The van der Waals surface area contributed by atoms with Gasteiger partial charge in [-0.15, -0.1) is 10.2 Å². The summed E-state index contributed by atoms with van der Waals surface area (Å²) in [6, 6.07) is 7.07. The minimum Gasteiger partial charge on any atom is -0.384 e. The zero-order chi connectivity index (χ0) is 17.5. The maximum absolute atomic E-state index is 4.58. The molecule has 2 aliphatic heterocycles. The first-order valence-electron chi connectivity index (χ1n) is 9.27. The SMILES string of the molecule is CC1CN(Cc2cccc3c2NCC3)CCN1c1nccn2cnnc12. The number of aromatic nitrogens is 4. The summed E-state index contributed by atoms with van der Waals surface area (Å²) in [5, 5.41) is 11.8. The van der Waals surface area contributed by atoms with Gasteiger partial charge in [-0.3, -0.25) is 9.30 Å². The van der Waals surface area contributed by atoms with Crippen LogP contribution in [-0.4, -0.2) is 56.7 Å². The van der Waals surface area contributed by atoms with E-state index in [1.165, 1.54) is 16.8 Å². The molecule has 3 aromatic rings. The van der Waals surface area contributed by atoms with Crippen molar-refractivity contribution in [3.8, 4) is 0 Å². The van der Waals surface area contributed by atoms with E-state index in [4.69, 9.17) is 0 Å². The van der Waals surface area contributed by atoms with Gasteiger partial charge in [0.15, 0.2) is 5.82 Å². The van der Waals surface area contributed by atoms with Crippen LogP contribution in [0.4, 0.5) is 11.5 Å². The molecule has 134 valence electrons. The molecule has 4 heterocycles. The summed E-state index contributed by atoms with van der Waals surface area (Å²) < 4.78 is 1.93. The minimum atomic E-state index is 0.379. The Balaban J connectivity index is 1.33. The van der Waals surface area contributed by atoms with E-state index in [-0.39, 0.29) is 0 Å². The van der Waals surface area contributed by atoms with Crippen molar-refractivity contribution in [2.45, 2.75) is 25.9 Å². The average Bonchev–Trinajstić information content (AvgIpc) is 3.31. The summed E-state index contributed by atoms with van der Waals surface area (Å²) >= 11 is 0. The fourth-order valence-electron chi connectivity index (χ4n) is 4.22. The maximum atomic E-state index is 4.58. The van der Waals surface area contributed by atoms with Crippen LogP contribution in [0.15, 0.2) is 36.9 Å². The highest BCUT2D eigenvalue weighted by Gasteiger charge is 2.27. The third kappa shape index (κ3) is 2.59. The Bertz CT molecular complexity index is 935. The maximum Gasteiger partial charge on any atom is 0.203 e. The standard InChI is InChI=1S/C19H23N7/c1-14-11-24(12-16-4-2-3-15-5-6-20-17(15)16)9-10-26(14)18-19-23-22-13-25(19)8-7-21-18/h2-4,7-8,13-14,20H,5-6,9-12H2,1H3. The molecule has 7 heteroatoms. The van der Waals surface area contributed by atoms with Gasteiger partial charge in [-0.2, -0.15) is 0 Å². The van der Waals surface area contributed by atoms with Gasteiger partial charge < -0.3 is 10.2 Å². The zero-order valence-corrected chi connectivity index (χ0v) is 15.0. The Morgan fingerprint density at radius 3 is 3.15 bits per heavy atom. The Hall–Kier alpha value is -2.67. The molecule has 1 aromatic carbocycles. The van der Waals surface area contributed by atoms with Crippen molar-refractivity contribution < 1.29 is 0 Å². The summed E-state index contributed by atoms with van der Waals surface area (Å²) in [6.07, 6.45) is 6.58. The van der Waals surface area contributed by atoms with Gasteiger partial charge >= 0.3 is 0 Å². The Morgan fingerprint density at radius 1 is 1.27 bits per heavy atom. The largest absolute Gasteiger partial charge is 0.384 e. The minimum absolute atomic E-state index is 0.379. The highest BCUT2D eigenvalue weighted by molar-refractivity contribution is 5.64. The fraction of sp³-hybridized carbons (Fsp3) is 0.421. The topological polar surface area (TPSA) is 61.6 Å². The molecule has 0 radical (unpaired) electrons. The van der Waals surface area contributed by atoms with E-state index in [2.05, 4.69) is 55.4 Å². The van der Waals surface area contributed by atoms with Crippen molar-refractivity contribution in [3.05, 3.63) is 48.0 Å². The first-order chi connectivity index (χ1) is 12.8. The molecule has 0 amide bonds. The van der Waals surface area contributed by atoms with Crippen LogP contribution in [0, 0.1) is 0 Å². The molecular weight excluding hydrogens is 326 g/mol. The number of rotatable bonds is 3. The van der Waals surface area contributed by atoms with Gasteiger partial charge in [0, 0.05) is 56.8 Å². The van der Waals surface area contributed by atoms with Crippen LogP contribution in [-0.2, 0) is 13.0 Å². The Labute approximate surface area is 152 Å². The molecule has 2 aromatic heterocycles. The van der Waals surface area contributed by atoms with Crippen LogP contribution < -0.4 is 10.2 Å². The number of para-hydroxylation sites is 1. The molecule has 1 atom stereocenters. The van der Waals surface area contributed by atoms with E-state index < -0.39 is 0 Å². The van der Waals surface area contributed by atoms with Gasteiger partial charge in [-0.25, -0.2) is 4.98 Å². The normalized spacial score (nSPS) is 20.3. The first-order valence-corrected chi connectivity index (χ1v) is 9.27. The van der Waals surface area contributed by atoms with Crippen molar-refractivity contribution in [3.63, 3.8) is 0 Å². The number of hydrogen-bond acceptors (Lipinski definition) is 6. The second-order valence-corrected chi connectivity index (χ2v) is 7.22. The molecular formula is C19H23N7. The molecule has 5 rings (SSSR count). The molecule has 26 heavy (non-hydrogen) atoms. The van der Waals surface area contributed by atoms with Crippen LogP contribution in [0.2, 0.25) is 0 Å². The lowest BCUT2D eigenvalue weighted by Crippen LogP contribution is -2.52. The highest BCUT2D eigenvalue weighted by atomic mass is 15.3. The predicted molar refractivity (Wildman–Crippen MR) is 102 cm³/mol. The molecule has 0 spiro atoms. The molecule has 2 aliphatic rings. The van der Waals surface area contributed by atoms with E-state index in [1.807, 2.05) is 16.8 Å². The van der Waals surface area contributed by atoms with E-state index in [0.717, 1.165) is 50.6 Å². The molecule has 0 bridgehead atoms. The molecule has 1 unspecified atom stereocenters. The summed E-state index contributed by atoms with van der Waals surface area (Å²) in [4.78, 5) is 9.48. The molecule has 7 nitrogen and oxygen atoms in total. The van der Waals surface area contributed by atoms with Gasteiger partial charge in [-0.1, -0.05) is 18.2 Å². The van der Waals surface area contributed by atoms with E-state index >= 15 is 0 Å². The van der Waals surface area contributed by atoms with Gasteiger partial charge in [0.25, 0.3) is 0 Å². The van der Waals surface area contributed by atoms with Crippen molar-refractivity contribution in [1.82, 2.24) is 24.5 Å². The van der Waals surface area contributed by atoms with Gasteiger partial charge in [0.1, 0.15) is 6.33 Å². The van der Waals surface area contributed by atoms with Crippen LogP contribution in [0.3, 0.4) is 0 Å². The van der Waals surface area contributed by atoms with Crippen LogP contribution >= 0.6 is 0 Å². The molecule has 0 saturated carbocycles. The van der Waals surface area contributed by atoms with Crippen molar-refractivity contribution in [2.24, 2.45) is 0 Å². The molecule has 1 saturated heterocycles. The lowest BCUT2D eigenvalue weighted by atomic mass is 10.1. The Kier molecular flexibility index (Phi) is 3.74. The smallest absolute Gasteiger partial charge is 0.203 e. The van der Waals surface area contributed by atoms with Crippen LogP contribution in [0.25, 0.3) is 5.65 Å². The van der Waals surface area contributed by atoms with Gasteiger partial charge in [-0.05, 0) is 24.5 Å².